The molecule has 0 atom stereocenters. The minimum absolute atomic E-state index is 0.332. The molecule has 0 saturated heterocycles. The first kappa shape index (κ1) is 15.1. The number of nitrogens with one attached hydrogen (secondary N) is 1. The number of aryl methyl sites for hydroxylation is 1. The quantitative estimate of drug-likeness (QED) is 0.355. The van der Waals surface area contributed by atoms with Gasteiger partial charge < -0.3 is 0 Å². The summed E-state index contributed by atoms with van der Waals surface area (Å²) in [6.07, 6.45) is 3.42. The number of carbonyl (C=O) groups excluding carboxylic acids is 1. The maximum Gasteiger partial charge on any atom is 0.291 e. The minimum Gasteiger partial charge on any atom is -0.275 e. The Morgan fingerprint density at radius 3 is 2.28 bits per heavy atom. The molecular weight excluding hydrogens is 312 g/mol. The maximum atomic E-state index is 12.1. The predicted molar refractivity (Wildman–Crippen MR) is 99.7 cm³/mol. The Balaban J connectivity index is 1.73. The van der Waals surface area contributed by atoms with Gasteiger partial charge in [0, 0.05) is 18.8 Å². The number of benzene rings is 3. The molecule has 4 rings (SSSR count). The lowest BCUT2D eigenvalue weighted by atomic mass is 9.97. The molecule has 4 aromatic rings. The number of amides is 1. The highest BCUT2D eigenvalue weighted by Crippen LogP contribution is 2.27. The maximum absolute atomic E-state index is 12.1. The van der Waals surface area contributed by atoms with E-state index in [1.54, 1.807) is 30.2 Å². The van der Waals surface area contributed by atoms with Gasteiger partial charge in [-0.3, -0.25) is 9.48 Å². The van der Waals surface area contributed by atoms with Crippen LogP contribution in [-0.2, 0) is 7.05 Å². The van der Waals surface area contributed by atoms with Crippen molar-refractivity contribution in [3.8, 4) is 0 Å². The summed E-state index contributed by atoms with van der Waals surface area (Å²) in [5, 5.41) is 12.7. The minimum atomic E-state index is -0.332. The Morgan fingerprint density at radius 2 is 1.68 bits per heavy atom. The third-order valence-corrected chi connectivity index (χ3v) is 4.12. The van der Waals surface area contributed by atoms with Crippen LogP contribution in [0.2, 0.25) is 0 Å². The number of fused-ring (bicyclic) bond motifs is 2. The Hall–Kier alpha value is -3.47. The fourth-order valence-corrected chi connectivity index (χ4v) is 2.94. The van der Waals surface area contributed by atoms with Crippen molar-refractivity contribution in [2.75, 3.05) is 0 Å². The van der Waals surface area contributed by atoms with E-state index < -0.39 is 0 Å². The van der Waals surface area contributed by atoms with Crippen LogP contribution in [0.5, 0.6) is 0 Å². The van der Waals surface area contributed by atoms with Crippen LogP contribution in [0.4, 0.5) is 0 Å². The Labute approximate surface area is 144 Å². The first-order valence-electron chi connectivity index (χ1n) is 7.96. The van der Waals surface area contributed by atoms with Gasteiger partial charge in [-0.2, -0.15) is 10.2 Å². The lowest BCUT2D eigenvalue weighted by Gasteiger charge is -2.07. The number of hydrazone groups is 1. The van der Waals surface area contributed by atoms with Crippen LogP contribution < -0.4 is 5.43 Å². The highest BCUT2D eigenvalue weighted by molar-refractivity contribution is 6.13. The largest absolute Gasteiger partial charge is 0.291 e. The van der Waals surface area contributed by atoms with Crippen molar-refractivity contribution >= 4 is 33.7 Å². The third kappa shape index (κ3) is 2.87. The zero-order chi connectivity index (χ0) is 17.2. The molecule has 0 radical (unpaired) electrons. The molecule has 5 nitrogen and oxygen atoms in total. The molecule has 122 valence electrons. The van der Waals surface area contributed by atoms with Crippen molar-refractivity contribution in [2.45, 2.75) is 0 Å². The van der Waals surface area contributed by atoms with Gasteiger partial charge in [-0.25, -0.2) is 5.43 Å². The highest BCUT2D eigenvalue weighted by Gasteiger charge is 2.08. The first-order valence-corrected chi connectivity index (χ1v) is 7.96. The molecule has 1 amide bonds. The molecule has 0 bridgehead atoms. The molecule has 5 heteroatoms. The number of carbonyl (C=O) groups is 1. The summed E-state index contributed by atoms with van der Waals surface area (Å²) in [7, 11) is 1.77. The molecule has 1 heterocycles. The van der Waals surface area contributed by atoms with E-state index in [2.05, 4.69) is 46.0 Å². The van der Waals surface area contributed by atoms with E-state index in [0.29, 0.717) is 5.69 Å². The van der Waals surface area contributed by atoms with Gasteiger partial charge in [0.1, 0.15) is 0 Å². The standard InChI is InChI=1S/C20H16N4O/c1-24-11-10-19(23-24)20(25)22-21-13-18-16-8-4-2-6-14(16)12-15-7-3-5-9-17(15)18/h2-13H,1H3,(H,22,25)/b21-13-. The van der Waals surface area contributed by atoms with E-state index in [-0.39, 0.29) is 5.91 Å². The zero-order valence-corrected chi connectivity index (χ0v) is 13.7. The molecule has 1 aromatic heterocycles. The average molecular weight is 328 g/mol. The summed E-state index contributed by atoms with van der Waals surface area (Å²) in [5.41, 5.74) is 3.86. The van der Waals surface area contributed by atoms with E-state index in [0.717, 1.165) is 27.1 Å². The van der Waals surface area contributed by atoms with Gasteiger partial charge in [-0.05, 0) is 33.7 Å². The average Bonchev–Trinajstić information content (AvgIpc) is 3.07. The Morgan fingerprint density at radius 1 is 1.04 bits per heavy atom. The molecule has 0 aliphatic carbocycles. The molecule has 0 aliphatic heterocycles. The van der Waals surface area contributed by atoms with Gasteiger partial charge in [0.05, 0.1) is 6.21 Å². The van der Waals surface area contributed by atoms with E-state index >= 15 is 0 Å². The molecule has 0 saturated carbocycles. The third-order valence-electron chi connectivity index (χ3n) is 4.12. The second kappa shape index (κ2) is 6.20. The highest BCUT2D eigenvalue weighted by atomic mass is 16.2. The molecule has 1 N–H and O–H groups in total. The van der Waals surface area contributed by atoms with Crippen LogP contribution in [0, 0.1) is 0 Å². The molecule has 0 aliphatic rings. The molecule has 25 heavy (non-hydrogen) atoms. The molecule has 0 spiro atoms. The van der Waals surface area contributed by atoms with Gasteiger partial charge in [0.2, 0.25) is 0 Å². The summed E-state index contributed by atoms with van der Waals surface area (Å²) in [5.74, 6) is -0.332. The Bertz CT molecular complexity index is 1060. The second-order valence-electron chi connectivity index (χ2n) is 5.81. The number of rotatable bonds is 3. The predicted octanol–water partition coefficient (Wildman–Crippen LogP) is 3.49. The van der Waals surface area contributed by atoms with Crippen LogP contribution >= 0.6 is 0 Å². The lowest BCUT2D eigenvalue weighted by Crippen LogP contribution is -2.18. The van der Waals surface area contributed by atoms with Crippen molar-refractivity contribution < 1.29 is 4.79 Å². The summed E-state index contributed by atoms with van der Waals surface area (Å²) >= 11 is 0. The number of hydrogen-bond acceptors (Lipinski definition) is 3. The van der Waals surface area contributed by atoms with Crippen LogP contribution in [0.15, 0.2) is 72.0 Å². The van der Waals surface area contributed by atoms with Crippen molar-refractivity contribution in [3.05, 3.63) is 78.1 Å². The first-order chi connectivity index (χ1) is 12.2. The van der Waals surface area contributed by atoms with Crippen molar-refractivity contribution in [1.82, 2.24) is 15.2 Å². The van der Waals surface area contributed by atoms with Gasteiger partial charge >= 0.3 is 0 Å². The van der Waals surface area contributed by atoms with Crippen LogP contribution in [0.1, 0.15) is 16.1 Å². The monoisotopic (exact) mass is 328 g/mol. The zero-order valence-electron chi connectivity index (χ0n) is 13.7. The number of hydrogen-bond donors (Lipinski definition) is 1. The van der Waals surface area contributed by atoms with Crippen LogP contribution in [0.25, 0.3) is 21.5 Å². The van der Waals surface area contributed by atoms with E-state index in [4.69, 9.17) is 0 Å². The molecule has 0 fully saturated rings. The second-order valence-corrected chi connectivity index (χ2v) is 5.81. The van der Waals surface area contributed by atoms with Gasteiger partial charge in [0.15, 0.2) is 5.69 Å². The molecular formula is C20H16N4O. The molecule has 0 unspecified atom stereocenters. The lowest BCUT2D eigenvalue weighted by molar-refractivity contribution is 0.0949. The van der Waals surface area contributed by atoms with Gasteiger partial charge in [-0.1, -0.05) is 48.5 Å². The summed E-state index contributed by atoms with van der Waals surface area (Å²) in [4.78, 5) is 12.1. The van der Waals surface area contributed by atoms with Crippen molar-refractivity contribution in [2.24, 2.45) is 12.1 Å². The van der Waals surface area contributed by atoms with Crippen molar-refractivity contribution in [1.29, 1.82) is 0 Å². The van der Waals surface area contributed by atoms with Gasteiger partial charge in [0.25, 0.3) is 5.91 Å². The number of nitrogens with zero attached hydrogens (tertiary/aromatic N) is 3. The summed E-state index contributed by atoms with van der Waals surface area (Å²) in [6, 6.07) is 20.1. The fourth-order valence-electron chi connectivity index (χ4n) is 2.94. The van der Waals surface area contributed by atoms with Crippen LogP contribution in [0.3, 0.4) is 0 Å². The van der Waals surface area contributed by atoms with E-state index in [1.165, 1.54) is 0 Å². The molecule has 3 aromatic carbocycles. The van der Waals surface area contributed by atoms with Crippen molar-refractivity contribution in [3.63, 3.8) is 0 Å². The SMILES string of the molecule is Cn1ccc(C(=O)N/N=C\c2c3ccccc3cc3ccccc23)n1. The van der Waals surface area contributed by atoms with Crippen LogP contribution in [-0.4, -0.2) is 21.9 Å². The van der Waals surface area contributed by atoms with E-state index in [1.807, 2.05) is 24.3 Å². The van der Waals surface area contributed by atoms with Gasteiger partial charge in [-0.15, -0.1) is 0 Å². The fraction of sp³-hybridized carbons (Fsp3) is 0.0500. The number of aromatic nitrogens is 2. The topological polar surface area (TPSA) is 59.3 Å². The normalized spacial score (nSPS) is 11.4. The summed E-state index contributed by atoms with van der Waals surface area (Å²) < 4.78 is 1.58. The summed E-state index contributed by atoms with van der Waals surface area (Å²) in [6.45, 7) is 0. The van der Waals surface area contributed by atoms with E-state index in [9.17, 15) is 4.79 Å². The Kier molecular flexibility index (Phi) is 3.74. The smallest absolute Gasteiger partial charge is 0.275 e.